The first-order valence-corrected chi connectivity index (χ1v) is 9.81. The van der Waals surface area contributed by atoms with E-state index in [0.717, 1.165) is 44.2 Å². The molecule has 5 nitrogen and oxygen atoms in total. The number of carbonyl (C=O) groups is 3. The van der Waals surface area contributed by atoms with Gasteiger partial charge in [0.15, 0.2) is 0 Å². The van der Waals surface area contributed by atoms with Crippen LogP contribution in [0.5, 0.6) is 0 Å². The Morgan fingerprint density at radius 2 is 1.77 bits per heavy atom. The Kier molecular flexibility index (Phi) is 4.55. The quantitative estimate of drug-likeness (QED) is 0.784. The number of benzene rings is 1. The summed E-state index contributed by atoms with van der Waals surface area (Å²) in [6.45, 7) is 2.99. The summed E-state index contributed by atoms with van der Waals surface area (Å²) in [6.07, 6.45) is 5.84. The molecule has 2 heterocycles. The van der Waals surface area contributed by atoms with Crippen LogP contribution in [0.3, 0.4) is 0 Å². The summed E-state index contributed by atoms with van der Waals surface area (Å²) in [6, 6.07) is 6.19. The summed E-state index contributed by atoms with van der Waals surface area (Å²) in [5.74, 6) is -0.371. The maximum atomic E-state index is 12.8. The number of likely N-dealkylation sites (tertiary alicyclic amines) is 1. The fraction of sp³-hybridized carbons (Fsp3) is 0.571. The number of nitrogens with zero attached hydrogens (tertiary/aromatic N) is 2. The van der Waals surface area contributed by atoms with Crippen molar-refractivity contribution in [1.29, 1.82) is 0 Å². The second-order valence-electron chi connectivity index (χ2n) is 7.86. The van der Waals surface area contributed by atoms with Crippen LogP contribution in [0.15, 0.2) is 18.2 Å². The lowest BCUT2D eigenvalue weighted by Gasteiger charge is -2.30. The number of imide groups is 1. The number of anilines is 1. The molecule has 26 heavy (non-hydrogen) atoms. The zero-order chi connectivity index (χ0) is 18.3. The first-order valence-electron chi connectivity index (χ1n) is 9.81. The van der Waals surface area contributed by atoms with Crippen molar-refractivity contribution in [2.24, 2.45) is 11.8 Å². The molecule has 1 aromatic carbocycles. The molecule has 3 aliphatic rings. The molecule has 0 bridgehead atoms. The Balaban J connectivity index is 1.44. The van der Waals surface area contributed by atoms with Gasteiger partial charge in [0.2, 0.25) is 17.7 Å². The predicted octanol–water partition coefficient (Wildman–Crippen LogP) is 2.84. The van der Waals surface area contributed by atoms with Crippen LogP contribution in [0.4, 0.5) is 5.69 Å². The van der Waals surface area contributed by atoms with E-state index >= 15 is 0 Å². The van der Waals surface area contributed by atoms with E-state index in [1.54, 1.807) is 0 Å². The van der Waals surface area contributed by atoms with Crippen LogP contribution in [0.2, 0.25) is 0 Å². The van der Waals surface area contributed by atoms with E-state index < -0.39 is 0 Å². The number of rotatable bonds is 3. The molecule has 0 aromatic heterocycles. The molecule has 0 N–H and O–H groups in total. The molecule has 1 saturated carbocycles. The van der Waals surface area contributed by atoms with Gasteiger partial charge in [0, 0.05) is 25.2 Å². The average molecular weight is 354 g/mol. The number of hydrogen-bond donors (Lipinski definition) is 0. The molecule has 2 fully saturated rings. The van der Waals surface area contributed by atoms with Crippen LogP contribution in [-0.4, -0.2) is 35.7 Å². The molecule has 1 aliphatic carbocycles. The molecule has 5 heteroatoms. The van der Waals surface area contributed by atoms with Gasteiger partial charge in [-0.2, -0.15) is 0 Å². The predicted molar refractivity (Wildman–Crippen MR) is 98.6 cm³/mol. The van der Waals surface area contributed by atoms with Gasteiger partial charge in [0.25, 0.3) is 0 Å². The van der Waals surface area contributed by atoms with Gasteiger partial charge in [-0.15, -0.1) is 0 Å². The second kappa shape index (κ2) is 6.86. The monoisotopic (exact) mass is 354 g/mol. The molecule has 0 spiro atoms. The van der Waals surface area contributed by atoms with Crippen LogP contribution in [0, 0.1) is 18.8 Å². The lowest BCUT2D eigenvalue weighted by molar-refractivity contribution is -0.140. The third-order valence-corrected chi connectivity index (χ3v) is 6.14. The third kappa shape index (κ3) is 2.93. The summed E-state index contributed by atoms with van der Waals surface area (Å²) in [7, 11) is 0. The molecular weight excluding hydrogens is 328 g/mol. The van der Waals surface area contributed by atoms with Gasteiger partial charge in [-0.3, -0.25) is 19.3 Å². The summed E-state index contributed by atoms with van der Waals surface area (Å²) in [5, 5.41) is 0. The molecule has 0 unspecified atom stereocenters. The van der Waals surface area contributed by atoms with Crippen molar-refractivity contribution < 1.29 is 14.4 Å². The van der Waals surface area contributed by atoms with E-state index in [1.807, 2.05) is 17.0 Å². The van der Waals surface area contributed by atoms with E-state index in [0.29, 0.717) is 6.54 Å². The number of aryl methyl sites for hydroxylation is 2. The summed E-state index contributed by atoms with van der Waals surface area (Å²) >= 11 is 0. The molecule has 0 radical (unpaired) electrons. The standard InChI is InChI=1S/C21H26N2O3/c1-14-8-9-18-15(13-14)5-4-11-22(18)19(24)10-12-23-20(25)16-6-2-3-7-17(16)21(23)26/h8-9,13,16-17H,2-7,10-12H2,1H3/t16-,17+. The Bertz CT molecular complexity index is 734. The Morgan fingerprint density at radius 3 is 2.46 bits per heavy atom. The van der Waals surface area contributed by atoms with Crippen LogP contribution >= 0.6 is 0 Å². The zero-order valence-corrected chi connectivity index (χ0v) is 15.4. The minimum atomic E-state index is -0.134. The molecule has 4 rings (SSSR count). The van der Waals surface area contributed by atoms with E-state index in [-0.39, 0.29) is 42.5 Å². The van der Waals surface area contributed by atoms with Crippen LogP contribution in [0.25, 0.3) is 0 Å². The lowest BCUT2D eigenvalue weighted by atomic mass is 9.81. The van der Waals surface area contributed by atoms with Crippen molar-refractivity contribution in [2.45, 2.75) is 51.9 Å². The Labute approximate surface area is 154 Å². The minimum Gasteiger partial charge on any atom is -0.312 e. The largest absolute Gasteiger partial charge is 0.312 e. The highest BCUT2D eigenvalue weighted by molar-refractivity contribution is 6.05. The highest BCUT2D eigenvalue weighted by Crippen LogP contribution is 2.38. The summed E-state index contributed by atoms with van der Waals surface area (Å²) in [5.41, 5.74) is 3.40. The van der Waals surface area contributed by atoms with Crippen LogP contribution in [0.1, 0.15) is 49.7 Å². The van der Waals surface area contributed by atoms with Crippen molar-refractivity contribution in [1.82, 2.24) is 4.90 Å². The molecular formula is C21H26N2O3. The zero-order valence-electron chi connectivity index (χ0n) is 15.4. The molecule has 2 aliphatic heterocycles. The molecule has 1 saturated heterocycles. The number of carbonyl (C=O) groups excluding carboxylic acids is 3. The van der Waals surface area contributed by atoms with Gasteiger partial charge in [0.1, 0.15) is 0 Å². The fourth-order valence-electron chi connectivity index (χ4n) is 4.78. The second-order valence-corrected chi connectivity index (χ2v) is 7.86. The molecule has 3 amide bonds. The lowest BCUT2D eigenvalue weighted by Crippen LogP contribution is -2.39. The first kappa shape index (κ1) is 17.3. The maximum absolute atomic E-state index is 12.8. The minimum absolute atomic E-state index is 0.00488. The SMILES string of the molecule is Cc1ccc2c(c1)CCCN2C(=O)CCN1C(=O)[C@H]2CCCC[C@H]2C1=O. The van der Waals surface area contributed by atoms with Gasteiger partial charge in [-0.25, -0.2) is 0 Å². The molecule has 1 aromatic rings. The van der Waals surface area contributed by atoms with Crippen molar-refractivity contribution in [2.75, 3.05) is 18.0 Å². The van der Waals surface area contributed by atoms with E-state index in [9.17, 15) is 14.4 Å². The maximum Gasteiger partial charge on any atom is 0.233 e. The fourth-order valence-corrected chi connectivity index (χ4v) is 4.78. The smallest absolute Gasteiger partial charge is 0.233 e. The van der Waals surface area contributed by atoms with E-state index in [2.05, 4.69) is 13.0 Å². The normalized spacial score (nSPS) is 25.3. The number of hydrogen-bond acceptors (Lipinski definition) is 3. The highest BCUT2D eigenvalue weighted by atomic mass is 16.2. The first-order chi connectivity index (χ1) is 12.6. The third-order valence-electron chi connectivity index (χ3n) is 6.14. The topological polar surface area (TPSA) is 57.7 Å². The van der Waals surface area contributed by atoms with E-state index in [1.165, 1.54) is 16.0 Å². The highest BCUT2D eigenvalue weighted by Gasteiger charge is 2.47. The van der Waals surface area contributed by atoms with Crippen molar-refractivity contribution in [3.63, 3.8) is 0 Å². The number of amides is 3. The average Bonchev–Trinajstić information content (AvgIpc) is 2.90. The summed E-state index contributed by atoms with van der Waals surface area (Å²) in [4.78, 5) is 41.1. The van der Waals surface area contributed by atoms with Gasteiger partial charge in [0.05, 0.1) is 11.8 Å². The van der Waals surface area contributed by atoms with Gasteiger partial charge in [-0.05, 0) is 44.2 Å². The van der Waals surface area contributed by atoms with Gasteiger partial charge < -0.3 is 4.90 Å². The van der Waals surface area contributed by atoms with Crippen LogP contribution in [-0.2, 0) is 20.8 Å². The summed E-state index contributed by atoms with van der Waals surface area (Å²) < 4.78 is 0. The van der Waals surface area contributed by atoms with Crippen LogP contribution < -0.4 is 4.90 Å². The van der Waals surface area contributed by atoms with Crippen molar-refractivity contribution in [3.05, 3.63) is 29.3 Å². The number of fused-ring (bicyclic) bond motifs is 2. The van der Waals surface area contributed by atoms with Gasteiger partial charge >= 0.3 is 0 Å². The molecule has 2 atom stereocenters. The molecule has 138 valence electrons. The Hall–Kier alpha value is -2.17. The Morgan fingerprint density at radius 1 is 1.08 bits per heavy atom. The van der Waals surface area contributed by atoms with Crippen molar-refractivity contribution in [3.8, 4) is 0 Å². The van der Waals surface area contributed by atoms with Crippen molar-refractivity contribution >= 4 is 23.4 Å². The van der Waals surface area contributed by atoms with Gasteiger partial charge in [-0.1, -0.05) is 30.5 Å². The van der Waals surface area contributed by atoms with E-state index in [4.69, 9.17) is 0 Å².